The number of rotatable bonds is 1. The molecule has 0 heterocycles. The standard InChI is InChI=1S/C15H11ClF2O/c16-13-5-4-9(17)8-12(13)15(19)7-6-10-11(15)2-1-3-14(10)18/h1-5,8,19H,6-7H2. The van der Waals surface area contributed by atoms with E-state index >= 15 is 0 Å². The molecular weight excluding hydrogens is 270 g/mol. The van der Waals surface area contributed by atoms with E-state index < -0.39 is 11.4 Å². The third-order valence-electron chi connectivity index (χ3n) is 3.68. The lowest BCUT2D eigenvalue weighted by molar-refractivity contribution is 0.0827. The van der Waals surface area contributed by atoms with Gasteiger partial charge in [-0.25, -0.2) is 8.78 Å². The molecule has 1 atom stereocenters. The molecule has 1 aliphatic rings. The van der Waals surface area contributed by atoms with E-state index in [2.05, 4.69) is 0 Å². The van der Waals surface area contributed by atoms with E-state index in [1.54, 1.807) is 6.07 Å². The minimum absolute atomic E-state index is 0.279. The molecule has 3 rings (SSSR count). The van der Waals surface area contributed by atoms with E-state index in [1.165, 1.54) is 30.3 Å². The fourth-order valence-electron chi connectivity index (χ4n) is 2.73. The van der Waals surface area contributed by atoms with Crippen molar-refractivity contribution in [2.24, 2.45) is 0 Å². The van der Waals surface area contributed by atoms with Crippen molar-refractivity contribution in [3.05, 3.63) is 69.7 Å². The molecule has 4 heteroatoms. The molecule has 0 saturated heterocycles. The van der Waals surface area contributed by atoms with Crippen LogP contribution < -0.4 is 0 Å². The second-order valence-electron chi connectivity index (χ2n) is 4.75. The van der Waals surface area contributed by atoms with Crippen molar-refractivity contribution in [2.75, 3.05) is 0 Å². The van der Waals surface area contributed by atoms with E-state index in [0.717, 1.165) is 0 Å². The maximum atomic E-state index is 13.7. The van der Waals surface area contributed by atoms with Gasteiger partial charge in [-0.3, -0.25) is 0 Å². The van der Waals surface area contributed by atoms with E-state index in [0.29, 0.717) is 29.5 Å². The predicted molar refractivity (Wildman–Crippen MR) is 69.1 cm³/mol. The maximum Gasteiger partial charge on any atom is 0.126 e. The normalized spacial score (nSPS) is 21.5. The molecule has 0 saturated carbocycles. The number of benzene rings is 2. The zero-order valence-electron chi connectivity index (χ0n) is 9.96. The van der Waals surface area contributed by atoms with Gasteiger partial charge in [-0.05, 0) is 48.2 Å². The van der Waals surface area contributed by atoms with Gasteiger partial charge in [-0.2, -0.15) is 0 Å². The molecule has 0 spiro atoms. The van der Waals surface area contributed by atoms with Crippen LogP contribution in [0.25, 0.3) is 0 Å². The molecule has 1 unspecified atom stereocenters. The third-order valence-corrected chi connectivity index (χ3v) is 4.00. The largest absolute Gasteiger partial charge is 0.380 e. The van der Waals surface area contributed by atoms with Crippen molar-refractivity contribution in [1.29, 1.82) is 0 Å². The summed E-state index contributed by atoms with van der Waals surface area (Å²) in [7, 11) is 0. The summed E-state index contributed by atoms with van der Waals surface area (Å²) in [4.78, 5) is 0. The van der Waals surface area contributed by atoms with Gasteiger partial charge >= 0.3 is 0 Å². The molecule has 98 valence electrons. The van der Waals surface area contributed by atoms with Gasteiger partial charge in [0.25, 0.3) is 0 Å². The van der Waals surface area contributed by atoms with Crippen molar-refractivity contribution >= 4 is 11.6 Å². The minimum atomic E-state index is -1.42. The summed E-state index contributed by atoms with van der Waals surface area (Å²) in [5, 5.41) is 11.1. The van der Waals surface area contributed by atoms with Crippen LogP contribution in [0.1, 0.15) is 23.1 Å². The monoisotopic (exact) mass is 280 g/mol. The van der Waals surface area contributed by atoms with Crippen LogP contribution in [0.5, 0.6) is 0 Å². The summed E-state index contributed by atoms with van der Waals surface area (Å²) in [6.45, 7) is 0. The highest BCUT2D eigenvalue weighted by Crippen LogP contribution is 2.45. The van der Waals surface area contributed by atoms with Crippen LogP contribution in [0.3, 0.4) is 0 Å². The number of hydrogen-bond donors (Lipinski definition) is 1. The third kappa shape index (κ3) is 1.85. The molecular formula is C15H11ClF2O. The number of fused-ring (bicyclic) bond motifs is 1. The lowest BCUT2D eigenvalue weighted by Crippen LogP contribution is -2.24. The molecule has 0 bridgehead atoms. The van der Waals surface area contributed by atoms with Crippen molar-refractivity contribution in [3.8, 4) is 0 Å². The van der Waals surface area contributed by atoms with Gasteiger partial charge in [0.05, 0.1) is 0 Å². The van der Waals surface area contributed by atoms with Crippen LogP contribution in [0, 0.1) is 11.6 Å². The lowest BCUT2D eigenvalue weighted by Gasteiger charge is -2.25. The molecule has 0 aliphatic heterocycles. The highest BCUT2D eigenvalue weighted by Gasteiger charge is 2.41. The topological polar surface area (TPSA) is 20.2 Å². The first kappa shape index (κ1) is 12.6. The molecule has 0 amide bonds. The Morgan fingerprint density at radius 1 is 1.11 bits per heavy atom. The Morgan fingerprint density at radius 2 is 1.89 bits per heavy atom. The quantitative estimate of drug-likeness (QED) is 0.842. The Hall–Kier alpha value is -1.45. The SMILES string of the molecule is OC1(c2cc(F)ccc2Cl)CCc2c(F)cccc21. The molecule has 1 nitrogen and oxygen atoms in total. The van der Waals surface area contributed by atoms with E-state index in [1.807, 2.05) is 0 Å². The predicted octanol–water partition coefficient (Wildman–Crippen LogP) is 3.80. The van der Waals surface area contributed by atoms with Crippen molar-refractivity contribution in [1.82, 2.24) is 0 Å². The van der Waals surface area contributed by atoms with Gasteiger partial charge in [0.1, 0.15) is 17.2 Å². The number of aliphatic hydroxyl groups is 1. The average Bonchev–Trinajstić information content (AvgIpc) is 2.73. The molecule has 2 aromatic rings. The highest BCUT2D eigenvalue weighted by atomic mass is 35.5. The summed E-state index contributed by atoms with van der Waals surface area (Å²) in [5.41, 5.74) is -0.180. The number of hydrogen-bond acceptors (Lipinski definition) is 1. The fraction of sp³-hybridized carbons (Fsp3) is 0.200. The molecule has 19 heavy (non-hydrogen) atoms. The van der Waals surface area contributed by atoms with E-state index in [4.69, 9.17) is 11.6 Å². The Morgan fingerprint density at radius 3 is 2.68 bits per heavy atom. The van der Waals surface area contributed by atoms with Crippen molar-refractivity contribution in [3.63, 3.8) is 0 Å². The van der Waals surface area contributed by atoms with Gasteiger partial charge in [-0.1, -0.05) is 23.7 Å². The van der Waals surface area contributed by atoms with Gasteiger partial charge < -0.3 is 5.11 Å². The minimum Gasteiger partial charge on any atom is -0.380 e. The molecule has 2 aromatic carbocycles. The second kappa shape index (κ2) is 4.29. The van der Waals surface area contributed by atoms with Gasteiger partial charge in [-0.15, -0.1) is 0 Å². The van der Waals surface area contributed by atoms with Crippen LogP contribution in [-0.2, 0) is 12.0 Å². The Labute approximate surface area is 114 Å². The van der Waals surface area contributed by atoms with Gasteiger partial charge in [0.2, 0.25) is 0 Å². The first-order chi connectivity index (χ1) is 9.02. The fourth-order valence-corrected chi connectivity index (χ4v) is 3.01. The molecule has 0 fully saturated rings. The van der Waals surface area contributed by atoms with Gasteiger partial charge in [0, 0.05) is 10.6 Å². The molecule has 0 aromatic heterocycles. The van der Waals surface area contributed by atoms with Crippen molar-refractivity contribution in [2.45, 2.75) is 18.4 Å². The summed E-state index contributed by atoms with van der Waals surface area (Å²) >= 11 is 6.05. The van der Waals surface area contributed by atoms with Crippen LogP contribution in [-0.4, -0.2) is 5.11 Å². The Kier molecular flexibility index (Phi) is 2.84. The van der Waals surface area contributed by atoms with Gasteiger partial charge in [0.15, 0.2) is 0 Å². The molecule has 0 radical (unpaired) electrons. The van der Waals surface area contributed by atoms with Crippen LogP contribution in [0.2, 0.25) is 5.02 Å². The van der Waals surface area contributed by atoms with Crippen LogP contribution in [0.15, 0.2) is 36.4 Å². The Balaban J connectivity index is 2.22. The summed E-state index contributed by atoms with van der Waals surface area (Å²) in [6.07, 6.45) is 0.706. The first-order valence-corrected chi connectivity index (χ1v) is 6.36. The summed E-state index contributed by atoms with van der Waals surface area (Å²) in [5.74, 6) is -0.821. The zero-order valence-corrected chi connectivity index (χ0v) is 10.7. The Bertz CT molecular complexity index is 657. The first-order valence-electron chi connectivity index (χ1n) is 5.98. The lowest BCUT2D eigenvalue weighted by atomic mass is 9.88. The smallest absolute Gasteiger partial charge is 0.126 e. The highest BCUT2D eigenvalue weighted by molar-refractivity contribution is 6.31. The summed E-state index contributed by atoms with van der Waals surface area (Å²) in [6, 6.07) is 8.41. The summed E-state index contributed by atoms with van der Waals surface area (Å²) < 4.78 is 27.1. The van der Waals surface area contributed by atoms with Crippen LogP contribution >= 0.6 is 11.6 Å². The molecule has 1 aliphatic carbocycles. The van der Waals surface area contributed by atoms with E-state index in [-0.39, 0.29) is 10.8 Å². The zero-order chi connectivity index (χ0) is 13.6. The van der Waals surface area contributed by atoms with Crippen molar-refractivity contribution < 1.29 is 13.9 Å². The average molecular weight is 281 g/mol. The molecule has 1 N–H and O–H groups in total. The second-order valence-corrected chi connectivity index (χ2v) is 5.16. The van der Waals surface area contributed by atoms with Crippen LogP contribution in [0.4, 0.5) is 8.78 Å². The number of halogens is 3. The van der Waals surface area contributed by atoms with E-state index in [9.17, 15) is 13.9 Å². The maximum absolute atomic E-state index is 13.7.